The summed E-state index contributed by atoms with van der Waals surface area (Å²) in [5, 5.41) is 3.99. The van der Waals surface area contributed by atoms with Crippen molar-refractivity contribution in [3.8, 4) is 17.2 Å². The lowest BCUT2D eigenvalue weighted by molar-refractivity contribution is -0.123. The molecule has 2 aromatic rings. The van der Waals surface area contributed by atoms with E-state index in [0.717, 1.165) is 66.0 Å². The van der Waals surface area contributed by atoms with Gasteiger partial charge in [-0.15, -0.1) is 0 Å². The minimum absolute atomic E-state index is 0.0265. The molecule has 3 aliphatic rings. The van der Waals surface area contributed by atoms with Crippen molar-refractivity contribution in [2.75, 3.05) is 7.11 Å². The zero-order valence-electron chi connectivity index (χ0n) is 20.1. The fraction of sp³-hybridized carbons (Fsp3) is 0.536. The number of para-hydroxylation sites is 1. The molecule has 1 N–H and O–H groups in total. The topological polar surface area (TPSA) is 56.8 Å². The average Bonchev–Trinajstić information content (AvgIpc) is 3.31. The van der Waals surface area contributed by atoms with Crippen LogP contribution in [0.3, 0.4) is 0 Å². The Balaban J connectivity index is 1.29. The number of amides is 1. The van der Waals surface area contributed by atoms with Crippen LogP contribution >= 0.6 is 11.6 Å². The molecule has 5 rings (SSSR count). The van der Waals surface area contributed by atoms with Crippen LogP contribution in [0.5, 0.6) is 17.2 Å². The van der Waals surface area contributed by atoms with Crippen LogP contribution in [0.1, 0.15) is 80.5 Å². The molecule has 0 radical (unpaired) electrons. The van der Waals surface area contributed by atoms with E-state index in [9.17, 15) is 4.79 Å². The van der Waals surface area contributed by atoms with E-state index in [0.29, 0.717) is 17.9 Å². The first-order valence-corrected chi connectivity index (χ1v) is 13.0. The first-order chi connectivity index (χ1) is 16.5. The van der Waals surface area contributed by atoms with Gasteiger partial charge in [-0.1, -0.05) is 23.7 Å². The van der Waals surface area contributed by atoms with Crippen LogP contribution in [0.25, 0.3) is 0 Å². The molecule has 0 aromatic heterocycles. The van der Waals surface area contributed by atoms with E-state index < -0.39 is 0 Å². The third-order valence-corrected chi connectivity index (χ3v) is 8.06. The molecular formula is C28H34ClNO4. The van der Waals surface area contributed by atoms with Crippen molar-refractivity contribution in [1.82, 2.24) is 5.32 Å². The molecule has 182 valence electrons. The van der Waals surface area contributed by atoms with Crippen molar-refractivity contribution in [2.45, 2.75) is 88.9 Å². The second-order valence-electron chi connectivity index (χ2n) is 10.1. The van der Waals surface area contributed by atoms with Gasteiger partial charge in [-0.25, -0.2) is 0 Å². The van der Waals surface area contributed by atoms with E-state index in [1.807, 2.05) is 37.3 Å². The highest BCUT2D eigenvalue weighted by Crippen LogP contribution is 2.49. The number of fused-ring (bicyclic) bond motifs is 1. The molecule has 0 saturated heterocycles. The van der Waals surface area contributed by atoms with Gasteiger partial charge in [-0.2, -0.15) is 0 Å². The second kappa shape index (κ2) is 9.69. The van der Waals surface area contributed by atoms with Crippen LogP contribution in [0.4, 0.5) is 0 Å². The van der Waals surface area contributed by atoms with E-state index in [4.69, 9.17) is 25.8 Å². The van der Waals surface area contributed by atoms with Crippen LogP contribution in [0, 0.1) is 6.92 Å². The monoisotopic (exact) mass is 483 g/mol. The second-order valence-corrected chi connectivity index (χ2v) is 10.5. The summed E-state index contributed by atoms with van der Waals surface area (Å²) in [4.78, 5) is 13.1. The van der Waals surface area contributed by atoms with Crippen molar-refractivity contribution in [3.63, 3.8) is 0 Å². The Morgan fingerprint density at radius 1 is 1.21 bits per heavy atom. The standard InChI is InChI=1S/C28H34ClNO4/c1-18-15-25-21(16-22(18)29)23(17-28(34-25)13-6-14-28)30-26(31)12-11-19-7-5-10-24(32-2)27(19)33-20-8-3-4-9-20/h5,7,10,15-16,20,23H,3-4,6,8-9,11-14,17H2,1-2H3,(H,30,31). The van der Waals surface area contributed by atoms with Gasteiger partial charge in [0.2, 0.25) is 5.91 Å². The zero-order valence-corrected chi connectivity index (χ0v) is 20.9. The summed E-state index contributed by atoms with van der Waals surface area (Å²) in [6, 6.07) is 9.81. The SMILES string of the molecule is COc1cccc(CCC(=O)NC2CC3(CCC3)Oc3cc(C)c(Cl)cc32)c1OC1CCCC1. The lowest BCUT2D eigenvalue weighted by Crippen LogP contribution is -2.49. The molecule has 34 heavy (non-hydrogen) atoms. The highest BCUT2D eigenvalue weighted by Gasteiger charge is 2.46. The predicted molar refractivity (Wildman–Crippen MR) is 133 cm³/mol. The molecule has 2 fully saturated rings. The van der Waals surface area contributed by atoms with E-state index in [2.05, 4.69) is 5.32 Å². The molecule has 1 unspecified atom stereocenters. The maximum absolute atomic E-state index is 13.1. The predicted octanol–water partition coefficient (Wildman–Crippen LogP) is 6.47. The van der Waals surface area contributed by atoms with Gasteiger partial charge in [0, 0.05) is 23.4 Å². The summed E-state index contributed by atoms with van der Waals surface area (Å²) >= 11 is 6.43. The van der Waals surface area contributed by atoms with Crippen LogP contribution in [-0.4, -0.2) is 24.7 Å². The number of rotatable bonds is 7. The molecule has 1 aliphatic heterocycles. The lowest BCUT2D eigenvalue weighted by Gasteiger charge is -2.48. The van der Waals surface area contributed by atoms with Gasteiger partial charge in [0.15, 0.2) is 11.5 Å². The fourth-order valence-corrected chi connectivity index (χ4v) is 5.71. The van der Waals surface area contributed by atoms with Crippen LogP contribution in [0.2, 0.25) is 5.02 Å². The Kier molecular flexibility index (Phi) is 6.65. The first-order valence-electron chi connectivity index (χ1n) is 12.6. The Bertz CT molecular complexity index is 1060. The molecule has 2 saturated carbocycles. The minimum atomic E-state index is -0.152. The number of hydrogen-bond acceptors (Lipinski definition) is 4. The zero-order chi connectivity index (χ0) is 23.7. The maximum Gasteiger partial charge on any atom is 0.220 e. The Hall–Kier alpha value is -2.40. The number of nitrogens with one attached hydrogen (secondary N) is 1. The number of benzene rings is 2. The molecule has 5 nitrogen and oxygen atoms in total. The molecule has 2 aliphatic carbocycles. The normalized spacial score (nSPS) is 20.9. The summed E-state index contributed by atoms with van der Waals surface area (Å²) in [5.74, 6) is 2.41. The highest BCUT2D eigenvalue weighted by molar-refractivity contribution is 6.31. The summed E-state index contributed by atoms with van der Waals surface area (Å²) in [6.07, 6.45) is 9.80. The van der Waals surface area contributed by atoms with Crippen molar-refractivity contribution in [3.05, 3.63) is 52.0 Å². The molecule has 1 atom stereocenters. The van der Waals surface area contributed by atoms with Crippen molar-refractivity contribution in [1.29, 1.82) is 0 Å². The fourth-order valence-electron chi connectivity index (χ4n) is 5.53. The number of methoxy groups -OCH3 is 1. The third-order valence-electron chi connectivity index (χ3n) is 7.66. The molecule has 1 heterocycles. The summed E-state index contributed by atoms with van der Waals surface area (Å²) in [7, 11) is 1.67. The van der Waals surface area contributed by atoms with Gasteiger partial charge in [0.25, 0.3) is 0 Å². The lowest BCUT2D eigenvalue weighted by atomic mass is 9.73. The number of carbonyl (C=O) groups is 1. The first kappa shape index (κ1) is 23.3. The van der Waals surface area contributed by atoms with E-state index in [-0.39, 0.29) is 23.7 Å². The molecule has 2 aromatic carbocycles. The molecule has 6 heteroatoms. The van der Waals surface area contributed by atoms with Crippen LogP contribution in [0.15, 0.2) is 30.3 Å². The van der Waals surface area contributed by atoms with Crippen molar-refractivity contribution >= 4 is 17.5 Å². The molecular weight excluding hydrogens is 450 g/mol. The van der Waals surface area contributed by atoms with Crippen LogP contribution in [-0.2, 0) is 11.2 Å². The number of hydrogen-bond donors (Lipinski definition) is 1. The van der Waals surface area contributed by atoms with Gasteiger partial charge in [-0.3, -0.25) is 4.79 Å². The maximum atomic E-state index is 13.1. The summed E-state index contributed by atoms with van der Waals surface area (Å²) in [5.41, 5.74) is 2.84. The van der Waals surface area contributed by atoms with E-state index in [1.54, 1.807) is 7.11 Å². The number of aryl methyl sites for hydroxylation is 2. The molecule has 0 bridgehead atoms. The van der Waals surface area contributed by atoms with Crippen molar-refractivity contribution < 1.29 is 19.0 Å². The minimum Gasteiger partial charge on any atom is -0.493 e. The van der Waals surface area contributed by atoms with Gasteiger partial charge in [-0.05, 0) is 87.6 Å². The van der Waals surface area contributed by atoms with Crippen molar-refractivity contribution in [2.24, 2.45) is 0 Å². The summed E-state index contributed by atoms with van der Waals surface area (Å²) < 4.78 is 18.3. The number of carbonyl (C=O) groups excluding carboxylic acids is 1. The highest BCUT2D eigenvalue weighted by atomic mass is 35.5. The Morgan fingerprint density at radius 2 is 2.00 bits per heavy atom. The molecule has 1 spiro atoms. The van der Waals surface area contributed by atoms with Gasteiger partial charge in [0.1, 0.15) is 11.4 Å². The third kappa shape index (κ3) is 4.72. The Morgan fingerprint density at radius 3 is 2.71 bits per heavy atom. The molecule has 1 amide bonds. The van der Waals surface area contributed by atoms with E-state index in [1.165, 1.54) is 19.3 Å². The largest absolute Gasteiger partial charge is 0.493 e. The average molecular weight is 484 g/mol. The Labute approximate surface area is 207 Å². The smallest absolute Gasteiger partial charge is 0.220 e. The number of halogens is 1. The van der Waals surface area contributed by atoms with Crippen LogP contribution < -0.4 is 19.5 Å². The van der Waals surface area contributed by atoms with Gasteiger partial charge in [0.05, 0.1) is 19.3 Å². The number of ether oxygens (including phenoxy) is 3. The van der Waals surface area contributed by atoms with Gasteiger partial charge >= 0.3 is 0 Å². The van der Waals surface area contributed by atoms with E-state index >= 15 is 0 Å². The summed E-state index contributed by atoms with van der Waals surface area (Å²) in [6.45, 7) is 1.99. The van der Waals surface area contributed by atoms with Gasteiger partial charge < -0.3 is 19.5 Å². The quantitative estimate of drug-likeness (QED) is 0.490.